The number of benzene rings is 1. The first-order valence-corrected chi connectivity index (χ1v) is 10.5. The Kier molecular flexibility index (Phi) is 3.89. The van der Waals surface area contributed by atoms with Crippen LogP contribution in [0.2, 0.25) is 0 Å². The number of hydrogen-bond donors (Lipinski definition) is 0. The average Bonchev–Trinajstić information content (AvgIpc) is 3.34. The third-order valence-corrected chi connectivity index (χ3v) is 6.47. The molecule has 2 aromatic heterocycles. The van der Waals surface area contributed by atoms with E-state index in [1.807, 2.05) is 32.3 Å². The standard InChI is InChI=1S/C22H22FN5O3/c1-11-4-16(26-30-11)18-15-5-14-6-22(8-24-10-25-9-22)21-13(3)29-12(2)7-28(21)19(14)17(23)20(15)31-27-18/h4-5,8-9,12-13,21H,6-7,10H2,1-3H3/t12-,13+,21-/m0/s1. The molecule has 31 heavy (non-hydrogen) atoms. The third-order valence-electron chi connectivity index (χ3n) is 6.47. The largest absolute Gasteiger partial charge is 0.372 e. The second-order valence-corrected chi connectivity index (χ2v) is 8.73. The van der Waals surface area contributed by atoms with E-state index in [-0.39, 0.29) is 23.8 Å². The van der Waals surface area contributed by atoms with Gasteiger partial charge in [0.15, 0.2) is 5.82 Å². The van der Waals surface area contributed by atoms with E-state index < -0.39 is 11.2 Å². The van der Waals surface area contributed by atoms with E-state index in [2.05, 4.69) is 25.2 Å². The number of fused-ring (bicyclic) bond motifs is 5. The van der Waals surface area contributed by atoms with Crippen LogP contribution in [0.4, 0.5) is 10.1 Å². The van der Waals surface area contributed by atoms with Crippen LogP contribution in [0.1, 0.15) is 25.2 Å². The molecule has 1 spiro atoms. The minimum absolute atomic E-state index is 0.0368. The van der Waals surface area contributed by atoms with Crippen LogP contribution < -0.4 is 4.90 Å². The van der Waals surface area contributed by atoms with Crippen LogP contribution in [0.5, 0.6) is 0 Å². The Morgan fingerprint density at radius 2 is 1.94 bits per heavy atom. The van der Waals surface area contributed by atoms with E-state index in [1.165, 1.54) is 0 Å². The van der Waals surface area contributed by atoms with Gasteiger partial charge in [0, 0.05) is 25.0 Å². The average molecular weight is 423 g/mol. The van der Waals surface area contributed by atoms with Crippen molar-refractivity contribution in [2.24, 2.45) is 15.4 Å². The predicted molar refractivity (Wildman–Crippen MR) is 113 cm³/mol. The van der Waals surface area contributed by atoms with E-state index in [1.54, 1.807) is 13.0 Å². The first kappa shape index (κ1) is 18.7. The molecule has 9 heteroatoms. The molecule has 3 aliphatic rings. The van der Waals surface area contributed by atoms with Gasteiger partial charge >= 0.3 is 0 Å². The summed E-state index contributed by atoms with van der Waals surface area (Å²) in [4.78, 5) is 11.0. The van der Waals surface area contributed by atoms with E-state index >= 15 is 4.39 Å². The van der Waals surface area contributed by atoms with Gasteiger partial charge in [-0.3, -0.25) is 9.98 Å². The Morgan fingerprint density at radius 1 is 1.13 bits per heavy atom. The molecule has 0 amide bonds. The molecule has 0 unspecified atom stereocenters. The molecule has 3 aromatic rings. The molecule has 0 aliphatic carbocycles. The van der Waals surface area contributed by atoms with Crippen LogP contribution in [0, 0.1) is 18.2 Å². The lowest BCUT2D eigenvalue weighted by Crippen LogP contribution is -2.65. The van der Waals surface area contributed by atoms with Crippen LogP contribution >= 0.6 is 0 Å². The molecule has 0 bridgehead atoms. The molecule has 3 atom stereocenters. The van der Waals surface area contributed by atoms with Crippen molar-refractivity contribution in [1.29, 1.82) is 0 Å². The third kappa shape index (κ3) is 2.62. The molecule has 1 aromatic carbocycles. The van der Waals surface area contributed by atoms with Crippen molar-refractivity contribution >= 4 is 29.1 Å². The molecule has 8 nitrogen and oxygen atoms in total. The van der Waals surface area contributed by atoms with Crippen molar-refractivity contribution in [3.63, 3.8) is 0 Å². The molecule has 6 rings (SSSR count). The lowest BCUT2D eigenvalue weighted by atomic mass is 9.69. The van der Waals surface area contributed by atoms with Gasteiger partial charge in [0.25, 0.3) is 0 Å². The molecule has 0 radical (unpaired) electrons. The highest BCUT2D eigenvalue weighted by Gasteiger charge is 2.52. The molecular formula is C22H22FN5O3. The molecule has 0 N–H and O–H groups in total. The van der Waals surface area contributed by atoms with Gasteiger partial charge in [0.1, 0.15) is 23.8 Å². The monoisotopic (exact) mass is 423 g/mol. The Bertz CT molecular complexity index is 1230. The Balaban J connectivity index is 1.59. The first-order chi connectivity index (χ1) is 15.0. The normalized spacial score (nSPS) is 26.5. The molecule has 1 fully saturated rings. The lowest BCUT2D eigenvalue weighted by Gasteiger charge is -2.54. The van der Waals surface area contributed by atoms with E-state index in [4.69, 9.17) is 13.8 Å². The van der Waals surface area contributed by atoms with E-state index in [0.29, 0.717) is 47.9 Å². The van der Waals surface area contributed by atoms with Crippen LogP contribution in [-0.4, -0.2) is 54.2 Å². The summed E-state index contributed by atoms with van der Waals surface area (Å²) < 4.78 is 32.7. The number of morpholine rings is 1. The van der Waals surface area contributed by atoms with Gasteiger partial charge in [0.05, 0.1) is 34.7 Å². The number of ether oxygens (including phenoxy) is 1. The van der Waals surface area contributed by atoms with Crippen molar-refractivity contribution in [1.82, 2.24) is 10.3 Å². The molecule has 160 valence electrons. The topological polar surface area (TPSA) is 89.3 Å². The summed E-state index contributed by atoms with van der Waals surface area (Å²) in [6, 6.07) is 3.61. The summed E-state index contributed by atoms with van der Waals surface area (Å²) in [6.07, 6.45) is 4.34. The summed E-state index contributed by atoms with van der Waals surface area (Å²) in [6.45, 7) is 6.82. The van der Waals surface area contributed by atoms with Gasteiger partial charge in [-0.1, -0.05) is 10.3 Å². The maximum Gasteiger partial charge on any atom is 0.205 e. The summed E-state index contributed by atoms with van der Waals surface area (Å²) in [7, 11) is 0. The van der Waals surface area contributed by atoms with Gasteiger partial charge in [-0.2, -0.15) is 0 Å². The second-order valence-electron chi connectivity index (χ2n) is 8.73. The zero-order chi connectivity index (χ0) is 21.3. The summed E-state index contributed by atoms with van der Waals surface area (Å²) in [5.74, 6) is 0.245. The van der Waals surface area contributed by atoms with Crippen molar-refractivity contribution < 1.29 is 18.2 Å². The van der Waals surface area contributed by atoms with E-state index in [0.717, 1.165) is 5.56 Å². The number of aromatic nitrogens is 2. The molecule has 1 saturated heterocycles. The predicted octanol–water partition coefficient (Wildman–Crippen LogP) is 3.57. The second kappa shape index (κ2) is 6.46. The van der Waals surface area contributed by atoms with Gasteiger partial charge in [-0.05, 0) is 38.8 Å². The SMILES string of the molecule is Cc1cc(-c2noc3c(F)c4c(cc23)CC2(C=NCN=C2)[C@@H]2[C@@H](C)O[C@@H](C)CN42)no1. The minimum atomic E-state index is -0.466. The van der Waals surface area contributed by atoms with Gasteiger partial charge < -0.3 is 18.7 Å². The fourth-order valence-electron chi connectivity index (χ4n) is 5.45. The zero-order valence-electron chi connectivity index (χ0n) is 17.5. The number of anilines is 1. The molecular weight excluding hydrogens is 401 g/mol. The molecule has 5 heterocycles. The van der Waals surface area contributed by atoms with Crippen LogP contribution in [0.25, 0.3) is 22.4 Å². The fraction of sp³-hybridized carbons (Fsp3) is 0.455. The summed E-state index contributed by atoms with van der Waals surface area (Å²) >= 11 is 0. The number of aliphatic imine (C=N–C) groups is 2. The number of rotatable bonds is 1. The van der Waals surface area contributed by atoms with Crippen molar-refractivity contribution in [2.75, 3.05) is 18.1 Å². The number of halogens is 1. The van der Waals surface area contributed by atoms with Crippen molar-refractivity contribution in [3.05, 3.63) is 29.3 Å². The number of nitrogens with zero attached hydrogens (tertiary/aromatic N) is 5. The maximum absolute atomic E-state index is 15.9. The van der Waals surface area contributed by atoms with Gasteiger partial charge in [-0.25, -0.2) is 4.39 Å². The van der Waals surface area contributed by atoms with Gasteiger partial charge in [-0.15, -0.1) is 0 Å². The Labute approximate surface area is 177 Å². The maximum atomic E-state index is 15.9. The zero-order valence-corrected chi connectivity index (χ0v) is 17.5. The van der Waals surface area contributed by atoms with Crippen LogP contribution in [0.3, 0.4) is 0 Å². The highest BCUT2D eigenvalue weighted by Crippen LogP contribution is 2.48. The van der Waals surface area contributed by atoms with Crippen LogP contribution in [0.15, 0.2) is 31.2 Å². The van der Waals surface area contributed by atoms with E-state index in [9.17, 15) is 0 Å². The molecule has 3 aliphatic heterocycles. The highest BCUT2D eigenvalue weighted by molar-refractivity contribution is 5.98. The smallest absolute Gasteiger partial charge is 0.205 e. The quantitative estimate of drug-likeness (QED) is 0.595. The minimum Gasteiger partial charge on any atom is -0.372 e. The number of aryl methyl sites for hydroxylation is 1. The Hall–Kier alpha value is -3.07. The summed E-state index contributed by atoms with van der Waals surface area (Å²) in [5.41, 5.74) is 2.07. The molecule has 0 saturated carbocycles. The summed E-state index contributed by atoms with van der Waals surface area (Å²) in [5, 5.41) is 8.73. The van der Waals surface area contributed by atoms with Crippen molar-refractivity contribution in [2.45, 2.75) is 45.4 Å². The highest BCUT2D eigenvalue weighted by atomic mass is 19.1. The van der Waals surface area contributed by atoms with Crippen molar-refractivity contribution in [3.8, 4) is 11.4 Å². The Morgan fingerprint density at radius 3 is 2.68 bits per heavy atom. The van der Waals surface area contributed by atoms with Gasteiger partial charge in [0.2, 0.25) is 5.58 Å². The van der Waals surface area contributed by atoms with Crippen LogP contribution in [-0.2, 0) is 11.2 Å². The first-order valence-electron chi connectivity index (χ1n) is 10.5. The fourth-order valence-corrected chi connectivity index (χ4v) is 5.45. The lowest BCUT2D eigenvalue weighted by molar-refractivity contribution is -0.0432. The number of hydrogen-bond acceptors (Lipinski definition) is 8.